The monoisotopic (exact) mass is 388 g/mol. The van der Waals surface area contributed by atoms with Crippen LogP contribution in [0.5, 0.6) is 5.75 Å². The molecule has 5 nitrogen and oxygen atoms in total. The number of nitrogens with one attached hydrogen (secondary N) is 1. The highest BCUT2D eigenvalue weighted by molar-refractivity contribution is 5.82. The van der Waals surface area contributed by atoms with E-state index in [1.807, 2.05) is 18.2 Å². The molecule has 0 aromatic heterocycles. The van der Waals surface area contributed by atoms with E-state index in [1.165, 1.54) is 19.3 Å². The third-order valence-electron chi connectivity index (χ3n) is 5.29. The summed E-state index contributed by atoms with van der Waals surface area (Å²) in [5.74, 6) is 0.763. The fourth-order valence-corrected chi connectivity index (χ4v) is 3.61. The van der Waals surface area contributed by atoms with E-state index in [1.54, 1.807) is 0 Å². The number of para-hydroxylation sites is 1. The second-order valence-corrected chi connectivity index (χ2v) is 8.30. The van der Waals surface area contributed by atoms with Crippen molar-refractivity contribution >= 4 is 11.9 Å². The van der Waals surface area contributed by atoms with Gasteiger partial charge in [0.15, 0.2) is 0 Å². The third kappa shape index (κ3) is 6.93. The molecule has 1 aromatic carbocycles. The Morgan fingerprint density at radius 3 is 2.18 bits per heavy atom. The van der Waals surface area contributed by atoms with Crippen molar-refractivity contribution in [3.05, 3.63) is 29.3 Å². The van der Waals surface area contributed by atoms with Crippen LogP contribution in [0.1, 0.15) is 82.8 Å². The van der Waals surface area contributed by atoms with Gasteiger partial charge < -0.3 is 15.0 Å². The van der Waals surface area contributed by atoms with Gasteiger partial charge in [-0.05, 0) is 48.9 Å². The highest BCUT2D eigenvalue weighted by atomic mass is 16.5. The fraction of sp³-hybridized carbons (Fsp3) is 0.652. The largest absolute Gasteiger partial charge is 0.426 e. The van der Waals surface area contributed by atoms with Crippen LogP contribution in [0.2, 0.25) is 0 Å². The first-order valence-corrected chi connectivity index (χ1v) is 10.7. The summed E-state index contributed by atoms with van der Waals surface area (Å²) in [6.45, 7) is 12.1. The Bertz CT molecular complexity index is 623. The summed E-state index contributed by atoms with van der Waals surface area (Å²) < 4.78 is 5.72. The van der Waals surface area contributed by atoms with Crippen LogP contribution in [0.15, 0.2) is 18.2 Å². The highest BCUT2D eigenvalue weighted by Crippen LogP contribution is 2.34. The van der Waals surface area contributed by atoms with Crippen LogP contribution >= 0.6 is 0 Å². The summed E-state index contributed by atoms with van der Waals surface area (Å²) in [5.41, 5.74) is 2.07. The SMILES string of the molecule is CC(C)c1cccc(C(C)C)c1OC(=O)CCC(=O)NCCN1CCCCC1. The molecular formula is C23H36N2O3. The van der Waals surface area contributed by atoms with Gasteiger partial charge in [-0.25, -0.2) is 0 Å². The number of carbonyl (C=O) groups excluding carboxylic acids is 2. The van der Waals surface area contributed by atoms with Gasteiger partial charge in [0.05, 0.1) is 6.42 Å². The molecule has 1 fully saturated rings. The summed E-state index contributed by atoms with van der Waals surface area (Å²) in [6, 6.07) is 6.02. The lowest BCUT2D eigenvalue weighted by Gasteiger charge is -2.26. The number of hydrogen-bond donors (Lipinski definition) is 1. The van der Waals surface area contributed by atoms with Crippen molar-refractivity contribution in [2.75, 3.05) is 26.2 Å². The number of ether oxygens (including phenoxy) is 1. The Morgan fingerprint density at radius 2 is 1.61 bits per heavy atom. The van der Waals surface area contributed by atoms with Crippen molar-refractivity contribution in [3.63, 3.8) is 0 Å². The van der Waals surface area contributed by atoms with Gasteiger partial charge in [0.1, 0.15) is 5.75 Å². The summed E-state index contributed by atoms with van der Waals surface area (Å²) in [4.78, 5) is 26.8. The molecule has 0 saturated carbocycles. The molecule has 2 rings (SSSR count). The molecule has 0 radical (unpaired) electrons. The van der Waals surface area contributed by atoms with Gasteiger partial charge in [0.2, 0.25) is 5.91 Å². The number of carbonyl (C=O) groups is 2. The maximum atomic E-state index is 12.4. The van der Waals surface area contributed by atoms with Crippen LogP contribution in [0.3, 0.4) is 0 Å². The Balaban J connectivity index is 1.81. The topological polar surface area (TPSA) is 58.6 Å². The summed E-state index contributed by atoms with van der Waals surface area (Å²) in [5, 5.41) is 2.92. The molecule has 1 aromatic rings. The zero-order chi connectivity index (χ0) is 20.5. The summed E-state index contributed by atoms with van der Waals surface area (Å²) in [7, 11) is 0. The van der Waals surface area contributed by atoms with Crippen LogP contribution in [0.25, 0.3) is 0 Å². The second-order valence-electron chi connectivity index (χ2n) is 8.30. The molecule has 1 N–H and O–H groups in total. The van der Waals surface area contributed by atoms with E-state index in [0.717, 1.165) is 30.8 Å². The van der Waals surface area contributed by atoms with Gasteiger partial charge >= 0.3 is 5.97 Å². The molecule has 0 atom stereocenters. The number of rotatable bonds is 9. The van der Waals surface area contributed by atoms with Gasteiger partial charge in [-0.3, -0.25) is 9.59 Å². The zero-order valence-corrected chi connectivity index (χ0v) is 17.9. The highest BCUT2D eigenvalue weighted by Gasteiger charge is 2.18. The molecule has 1 aliphatic rings. The molecule has 156 valence electrons. The van der Waals surface area contributed by atoms with Crippen molar-refractivity contribution in [1.82, 2.24) is 10.2 Å². The van der Waals surface area contributed by atoms with Crippen molar-refractivity contribution in [2.45, 2.75) is 71.6 Å². The van der Waals surface area contributed by atoms with Gasteiger partial charge in [-0.1, -0.05) is 52.3 Å². The molecule has 1 saturated heterocycles. The van der Waals surface area contributed by atoms with Crippen molar-refractivity contribution in [3.8, 4) is 5.75 Å². The van der Waals surface area contributed by atoms with Gasteiger partial charge in [-0.15, -0.1) is 0 Å². The number of nitrogens with zero attached hydrogens (tertiary/aromatic N) is 1. The average Bonchev–Trinajstić information content (AvgIpc) is 2.67. The maximum Gasteiger partial charge on any atom is 0.311 e. The molecule has 0 spiro atoms. The first-order valence-electron chi connectivity index (χ1n) is 10.7. The minimum atomic E-state index is -0.346. The van der Waals surface area contributed by atoms with Crippen LogP contribution in [0, 0.1) is 0 Å². The lowest BCUT2D eigenvalue weighted by Crippen LogP contribution is -2.37. The van der Waals surface area contributed by atoms with Crippen molar-refractivity contribution < 1.29 is 14.3 Å². The molecule has 28 heavy (non-hydrogen) atoms. The molecule has 1 aliphatic heterocycles. The smallest absolute Gasteiger partial charge is 0.311 e. The van der Waals surface area contributed by atoms with Crippen LogP contribution in [-0.4, -0.2) is 43.0 Å². The Morgan fingerprint density at radius 1 is 1.00 bits per heavy atom. The van der Waals surface area contributed by atoms with E-state index in [0.29, 0.717) is 12.3 Å². The Hall–Kier alpha value is -1.88. The van der Waals surface area contributed by atoms with Gasteiger partial charge in [0.25, 0.3) is 0 Å². The Labute approximate surface area is 169 Å². The standard InChI is InChI=1S/C23H36N2O3/c1-17(2)19-9-8-10-20(18(3)4)23(19)28-22(27)12-11-21(26)24-13-16-25-14-6-5-7-15-25/h8-10,17-18H,5-7,11-16H2,1-4H3,(H,24,26). The number of amides is 1. The van der Waals surface area contributed by atoms with Crippen molar-refractivity contribution in [1.29, 1.82) is 0 Å². The van der Waals surface area contributed by atoms with Gasteiger partial charge in [-0.2, -0.15) is 0 Å². The molecule has 1 heterocycles. The van der Waals surface area contributed by atoms with Gasteiger partial charge in [0, 0.05) is 19.5 Å². The maximum absolute atomic E-state index is 12.4. The van der Waals surface area contributed by atoms with Crippen LogP contribution < -0.4 is 10.1 Å². The fourth-order valence-electron chi connectivity index (χ4n) is 3.61. The average molecular weight is 389 g/mol. The molecule has 0 aliphatic carbocycles. The molecular weight excluding hydrogens is 352 g/mol. The normalized spacial score (nSPS) is 15.1. The number of hydrogen-bond acceptors (Lipinski definition) is 4. The molecule has 1 amide bonds. The van der Waals surface area contributed by atoms with E-state index < -0.39 is 0 Å². The molecule has 5 heteroatoms. The molecule has 0 unspecified atom stereocenters. The molecule has 0 bridgehead atoms. The lowest BCUT2D eigenvalue weighted by molar-refractivity contribution is -0.136. The van der Waals surface area contributed by atoms with Crippen LogP contribution in [-0.2, 0) is 9.59 Å². The number of piperidine rings is 1. The van der Waals surface area contributed by atoms with E-state index in [4.69, 9.17) is 4.74 Å². The Kier molecular flexibility index (Phi) is 8.97. The van der Waals surface area contributed by atoms with E-state index >= 15 is 0 Å². The van der Waals surface area contributed by atoms with E-state index in [2.05, 4.69) is 37.9 Å². The predicted molar refractivity (Wildman–Crippen MR) is 113 cm³/mol. The van der Waals surface area contributed by atoms with E-state index in [-0.39, 0.29) is 36.6 Å². The van der Waals surface area contributed by atoms with Crippen LogP contribution in [0.4, 0.5) is 0 Å². The third-order valence-corrected chi connectivity index (χ3v) is 5.29. The predicted octanol–water partition coefficient (Wildman–Crippen LogP) is 4.22. The lowest BCUT2D eigenvalue weighted by atomic mass is 9.94. The zero-order valence-electron chi connectivity index (χ0n) is 17.9. The summed E-state index contributed by atoms with van der Waals surface area (Å²) in [6.07, 6.45) is 4.06. The first kappa shape index (κ1) is 22.4. The minimum Gasteiger partial charge on any atom is -0.426 e. The number of esters is 1. The quantitative estimate of drug-likeness (QED) is 0.508. The number of benzene rings is 1. The minimum absolute atomic E-state index is 0.0878. The summed E-state index contributed by atoms with van der Waals surface area (Å²) >= 11 is 0. The number of likely N-dealkylation sites (tertiary alicyclic amines) is 1. The van der Waals surface area contributed by atoms with E-state index in [9.17, 15) is 9.59 Å². The van der Waals surface area contributed by atoms with Crippen molar-refractivity contribution in [2.24, 2.45) is 0 Å². The second kappa shape index (κ2) is 11.2. The first-order chi connectivity index (χ1) is 13.4.